The predicted molar refractivity (Wildman–Crippen MR) is 71.8 cm³/mol. The Labute approximate surface area is 106 Å². The first-order chi connectivity index (χ1) is 7.17. The van der Waals surface area contributed by atoms with Gasteiger partial charge in [0.15, 0.2) is 3.77 Å². The first-order valence-corrected chi connectivity index (χ1v) is 6.72. The Hall–Kier alpha value is -0.0300. The maximum absolute atomic E-state index is 5.51. The normalized spacial score (nSPS) is 13.4. The van der Waals surface area contributed by atoms with Gasteiger partial charge in [-0.2, -0.15) is 0 Å². The van der Waals surface area contributed by atoms with Crippen LogP contribution in [0.15, 0.2) is 16.5 Å². The molecule has 0 aliphatic rings. The second-order valence-corrected chi connectivity index (χ2v) is 5.02. The van der Waals surface area contributed by atoms with Crippen molar-refractivity contribution >= 4 is 22.6 Å². The van der Waals surface area contributed by atoms with Gasteiger partial charge in [-0.25, -0.2) is 0 Å². The average Bonchev–Trinajstić information content (AvgIpc) is 2.63. The lowest BCUT2D eigenvalue weighted by Gasteiger charge is -2.21. The van der Waals surface area contributed by atoms with Crippen molar-refractivity contribution in [1.29, 1.82) is 0 Å². The Morgan fingerprint density at radius 2 is 2.00 bits per heavy atom. The number of hydrogen-bond donors (Lipinski definition) is 1. The molecule has 86 valence electrons. The Kier molecular flexibility index (Phi) is 5.68. The molecule has 1 heterocycles. The number of hydrogen-bond acceptors (Lipinski definition) is 2. The molecule has 15 heavy (non-hydrogen) atoms. The number of rotatable bonds is 6. The first-order valence-electron chi connectivity index (χ1n) is 5.65. The number of nitrogens with one attached hydrogen (secondary N) is 1. The number of halogens is 1. The summed E-state index contributed by atoms with van der Waals surface area (Å²) in [5, 5.41) is 3.52. The molecule has 0 aromatic carbocycles. The van der Waals surface area contributed by atoms with E-state index in [1.807, 2.05) is 12.1 Å². The van der Waals surface area contributed by atoms with Crippen molar-refractivity contribution in [3.05, 3.63) is 21.7 Å². The van der Waals surface area contributed by atoms with Crippen LogP contribution >= 0.6 is 22.6 Å². The van der Waals surface area contributed by atoms with Crippen LogP contribution in [0.3, 0.4) is 0 Å². The third kappa shape index (κ3) is 4.15. The monoisotopic (exact) mass is 321 g/mol. The van der Waals surface area contributed by atoms with E-state index >= 15 is 0 Å². The van der Waals surface area contributed by atoms with Crippen LogP contribution in [0.5, 0.6) is 0 Å². The molecule has 0 fully saturated rings. The van der Waals surface area contributed by atoms with Gasteiger partial charge in [0.2, 0.25) is 0 Å². The molecule has 1 atom stereocenters. The molecule has 0 spiro atoms. The third-order valence-corrected chi connectivity index (χ3v) is 3.56. The molecule has 0 amide bonds. The molecule has 1 aromatic rings. The summed E-state index contributed by atoms with van der Waals surface area (Å²) in [6, 6.07) is 4.59. The zero-order valence-corrected chi connectivity index (χ0v) is 11.9. The summed E-state index contributed by atoms with van der Waals surface area (Å²) in [6.45, 7) is 7.59. The highest BCUT2D eigenvalue weighted by molar-refractivity contribution is 14.1. The van der Waals surface area contributed by atoms with Gasteiger partial charge in [-0.15, -0.1) is 0 Å². The minimum atomic E-state index is 0.558. The van der Waals surface area contributed by atoms with E-state index in [0.717, 1.165) is 22.0 Å². The zero-order valence-electron chi connectivity index (χ0n) is 9.72. The topological polar surface area (TPSA) is 25.2 Å². The van der Waals surface area contributed by atoms with Crippen molar-refractivity contribution in [2.75, 3.05) is 0 Å². The summed E-state index contributed by atoms with van der Waals surface area (Å²) in [5.74, 6) is 1.79. The standard InChI is InChI=1S/C12H20INO/c1-4-10(5-2)9(3)14-8-11-6-7-12(13)15-11/h6-7,9-10,14H,4-5,8H2,1-3H3. The Morgan fingerprint density at radius 3 is 2.47 bits per heavy atom. The lowest BCUT2D eigenvalue weighted by molar-refractivity contribution is 0.338. The van der Waals surface area contributed by atoms with Crippen LogP contribution in [0.4, 0.5) is 0 Å². The van der Waals surface area contributed by atoms with E-state index in [4.69, 9.17) is 4.42 Å². The summed E-state index contributed by atoms with van der Waals surface area (Å²) in [6.07, 6.45) is 2.47. The predicted octanol–water partition coefficient (Wildman–Crippen LogP) is 3.80. The molecular formula is C12H20INO. The van der Waals surface area contributed by atoms with Gasteiger partial charge in [-0.05, 0) is 47.6 Å². The quantitative estimate of drug-likeness (QED) is 0.806. The Balaban J connectivity index is 2.36. The van der Waals surface area contributed by atoms with E-state index in [1.54, 1.807) is 0 Å². The maximum Gasteiger partial charge on any atom is 0.164 e. The Bertz CT molecular complexity index is 281. The van der Waals surface area contributed by atoms with Gasteiger partial charge in [0.1, 0.15) is 5.76 Å². The van der Waals surface area contributed by atoms with E-state index in [2.05, 4.69) is 48.7 Å². The average molecular weight is 321 g/mol. The fraction of sp³-hybridized carbons (Fsp3) is 0.667. The van der Waals surface area contributed by atoms with Crippen LogP contribution in [-0.2, 0) is 6.54 Å². The highest BCUT2D eigenvalue weighted by Crippen LogP contribution is 2.14. The van der Waals surface area contributed by atoms with Crippen LogP contribution in [0.2, 0.25) is 0 Å². The molecule has 0 aliphatic heterocycles. The highest BCUT2D eigenvalue weighted by Gasteiger charge is 2.13. The van der Waals surface area contributed by atoms with Crippen LogP contribution < -0.4 is 5.32 Å². The van der Waals surface area contributed by atoms with Crippen molar-refractivity contribution < 1.29 is 4.42 Å². The molecule has 1 rings (SSSR count). The van der Waals surface area contributed by atoms with Crippen molar-refractivity contribution in [2.45, 2.75) is 46.2 Å². The molecule has 2 nitrogen and oxygen atoms in total. The molecule has 0 bridgehead atoms. The van der Waals surface area contributed by atoms with E-state index in [9.17, 15) is 0 Å². The van der Waals surface area contributed by atoms with E-state index in [0.29, 0.717) is 6.04 Å². The van der Waals surface area contributed by atoms with Crippen molar-refractivity contribution in [2.24, 2.45) is 5.92 Å². The minimum Gasteiger partial charge on any atom is -0.454 e. The summed E-state index contributed by atoms with van der Waals surface area (Å²) in [5.41, 5.74) is 0. The summed E-state index contributed by atoms with van der Waals surface area (Å²) in [7, 11) is 0. The first kappa shape index (κ1) is 13.0. The Morgan fingerprint density at radius 1 is 1.33 bits per heavy atom. The lowest BCUT2D eigenvalue weighted by Crippen LogP contribution is -2.32. The molecule has 3 heteroatoms. The SMILES string of the molecule is CCC(CC)C(C)NCc1ccc(I)o1. The molecule has 1 N–H and O–H groups in total. The molecule has 1 unspecified atom stereocenters. The van der Waals surface area contributed by atoms with Gasteiger partial charge in [-0.1, -0.05) is 26.7 Å². The molecular weight excluding hydrogens is 301 g/mol. The maximum atomic E-state index is 5.51. The minimum absolute atomic E-state index is 0.558. The van der Waals surface area contributed by atoms with Gasteiger partial charge >= 0.3 is 0 Å². The van der Waals surface area contributed by atoms with Crippen LogP contribution in [0, 0.1) is 9.68 Å². The van der Waals surface area contributed by atoms with E-state index < -0.39 is 0 Å². The molecule has 0 saturated carbocycles. The fourth-order valence-corrected chi connectivity index (χ4v) is 2.33. The number of furan rings is 1. The summed E-state index contributed by atoms with van der Waals surface area (Å²) in [4.78, 5) is 0. The zero-order chi connectivity index (χ0) is 11.3. The molecule has 1 aromatic heterocycles. The second kappa shape index (κ2) is 6.53. The second-order valence-electron chi connectivity index (χ2n) is 3.95. The van der Waals surface area contributed by atoms with Gasteiger partial charge in [-0.3, -0.25) is 0 Å². The van der Waals surface area contributed by atoms with Crippen molar-refractivity contribution in [3.63, 3.8) is 0 Å². The fourth-order valence-electron chi connectivity index (χ4n) is 1.87. The van der Waals surface area contributed by atoms with Crippen molar-refractivity contribution in [1.82, 2.24) is 5.32 Å². The smallest absolute Gasteiger partial charge is 0.164 e. The van der Waals surface area contributed by atoms with Crippen molar-refractivity contribution in [3.8, 4) is 0 Å². The van der Waals surface area contributed by atoms with Gasteiger partial charge in [0.05, 0.1) is 6.54 Å². The molecule has 0 saturated heterocycles. The van der Waals surface area contributed by atoms with E-state index in [1.165, 1.54) is 12.8 Å². The van der Waals surface area contributed by atoms with Gasteiger partial charge in [0, 0.05) is 6.04 Å². The van der Waals surface area contributed by atoms with Crippen LogP contribution in [0.1, 0.15) is 39.4 Å². The van der Waals surface area contributed by atoms with Gasteiger partial charge in [0.25, 0.3) is 0 Å². The molecule has 0 radical (unpaired) electrons. The summed E-state index contributed by atoms with van der Waals surface area (Å²) < 4.78 is 6.46. The largest absolute Gasteiger partial charge is 0.454 e. The highest BCUT2D eigenvalue weighted by atomic mass is 127. The van der Waals surface area contributed by atoms with Crippen LogP contribution in [0.25, 0.3) is 0 Å². The third-order valence-electron chi connectivity index (χ3n) is 2.98. The van der Waals surface area contributed by atoms with Crippen LogP contribution in [-0.4, -0.2) is 6.04 Å². The molecule has 0 aliphatic carbocycles. The lowest BCUT2D eigenvalue weighted by atomic mass is 9.95. The van der Waals surface area contributed by atoms with E-state index in [-0.39, 0.29) is 0 Å². The van der Waals surface area contributed by atoms with Gasteiger partial charge < -0.3 is 9.73 Å². The summed E-state index contributed by atoms with van der Waals surface area (Å²) >= 11 is 2.19.